The van der Waals surface area contributed by atoms with E-state index in [2.05, 4.69) is 25.9 Å². The molecule has 0 saturated carbocycles. The topological polar surface area (TPSA) is 75.2 Å². The summed E-state index contributed by atoms with van der Waals surface area (Å²) in [4.78, 5) is 18.1. The van der Waals surface area contributed by atoms with E-state index >= 15 is 0 Å². The summed E-state index contributed by atoms with van der Waals surface area (Å²) < 4.78 is 5.93. The van der Waals surface area contributed by atoms with Crippen molar-refractivity contribution >= 4 is 15.9 Å². The van der Waals surface area contributed by atoms with Gasteiger partial charge in [-0.05, 0) is 24.6 Å². The molecule has 0 aliphatic carbocycles. The zero-order valence-electron chi connectivity index (χ0n) is 9.61. The fraction of sp³-hybridized carbons (Fsp3) is 0.167. The third-order valence-corrected chi connectivity index (χ3v) is 2.82. The van der Waals surface area contributed by atoms with Crippen molar-refractivity contribution in [3.63, 3.8) is 0 Å². The average Bonchev–Trinajstić information content (AvgIpc) is 2.31. The number of rotatable bonds is 3. The molecule has 0 bridgehead atoms. The van der Waals surface area contributed by atoms with Crippen LogP contribution in [0, 0.1) is 0 Å². The van der Waals surface area contributed by atoms with Crippen molar-refractivity contribution in [1.29, 1.82) is 0 Å². The summed E-state index contributed by atoms with van der Waals surface area (Å²) in [5, 5.41) is 9.80. The number of hydrogen-bond donors (Lipinski definition) is 2. The highest BCUT2D eigenvalue weighted by atomic mass is 79.9. The van der Waals surface area contributed by atoms with Crippen LogP contribution in [0.4, 0.5) is 0 Å². The van der Waals surface area contributed by atoms with Crippen LogP contribution >= 0.6 is 15.9 Å². The summed E-state index contributed by atoms with van der Waals surface area (Å²) in [6, 6.07) is 7.02. The lowest BCUT2D eigenvalue weighted by molar-refractivity contribution is 0.304. The number of nitrogens with one attached hydrogen (secondary N) is 1. The van der Waals surface area contributed by atoms with Crippen LogP contribution in [-0.4, -0.2) is 21.7 Å². The molecule has 0 saturated heterocycles. The molecule has 5 nitrogen and oxygen atoms in total. The maximum atomic E-state index is 11.9. The summed E-state index contributed by atoms with van der Waals surface area (Å²) in [6.07, 6.45) is 0. The normalized spacial score (nSPS) is 10.3. The van der Waals surface area contributed by atoms with Crippen molar-refractivity contribution in [2.45, 2.75) is 6.92 Å². The first-order valence-electron chi connectivity index (χ1n) is 5.34. The smallest absolute Gasteiger partial charge is 0.299 e. The molecule has 2 aromatic rings. The van der Waals surface area contributed by atoms with Crippen molar-refractivity contribution in [2.24, 2.45) is 0 Å². The molecule has 0 spiro atoms. The molecule has 0 aliphatic heterocycles. The number of aromatic hydroxyl groups is 1. The van der Waals surface area contributed by atoms with Crippen LogP contribution in [0.2, 0.25) is 0 Å². The lowest BCUT2D eigenvalue weighted by atomic mass is 10.1. The molecule has 0 unspecified atom stereocenters. The molecular formula is C12H11BrN2O3. The predicted molar refractivity (Wildman–Crippen MR) is 70.8 cm³/mol. The molecule has 1 aromatic heterocycles. The van der Waals surface area contributed by atoms with Crippen LogP contribution in [-0.2, 0) is 0 Å². The Labute approximate surface area is 112 Å². The van der Waals surface area contributed by atoms with E-state index in [1.807, 2.05) is 0 Å². The molecule has 0 radical (unpaired) electrons. The molecule has 0 aliphatic rings. The molecule has 0 amide bonds. The largest absolute Gasteiger partial charge is 0.493 e. The van der Waals surface area contributed by atoms with Crippen molar-refractivity contribution in [2.75, 3.05) is 6.61 Å². The van der Waals surface area contributed by atoms with Gasteiger partial charge in [-0.25, -0.2) is 0 Å². The van der Waals surface area contributed by atoms with Gasteiger partial charge in [0.1, 0.15) is 5.56 Å². The van der Waals surface area contributed by atoms with Gasteiger partial charge in [0.25, 0.3) is 11.6 Å². The van der Waals surface area contributed by atoms with E-state index in [4.69, 9.17) is 4.74 Å². The van der Waals surface area contributed by atoms with Gasteiger partial charge in [0.05, 0.1) is 6.61 Å². The Morgan fingerprint density at radius 3 is 2.61 bits per heavy atom. The maximum absolute atomic E-state index is 11.9. The number of benzene rings is 1. The zero-order valence-corrected chi connectivity index (χ0v) is 11.2. The van der Waals surface area contributed by atoms with E-state index in [0.29, 0.717) is 12.2 Å². The van der Waals surface area contributed by atoms with Gasteiger partial charge in [-0.1, -0.05) is 28.1 Å². The number of aromatic nitrogens is 2. The number of H-pyrrole nitrogens is 1. The average molecular weight is 311 g/mol. The van der Waals surface area contributed by atoms with E-state index in [9.17, 15) is 9.90 Å². The van der Waals surface area contributed by atoms with Crippen molar-refractivity contribution in [3.05, 3.63) is 39.1 Å². The lowest BCUT2D eigenvalue weighted by Gasteiger charge is -2.06. The molecule has 6 heteroatoms. The molecule has 2 rings (SSSR count). The second kappa shape index (κ2) is 5.22. The second-order valence-corrected chi connectivity index (χ2v) is 4.43. The Bertz CT molecular complexity index is 608. The first kappa shape index (κ1) is 12.6. The van der Waals surface area contributed by atoms with Crippen LogP contribution in [0.5, 0.6) is 11.9 Å². The summed E-state index contributed by atoms with van der Waals surface area (Å²) in [5.74, 6) is -0.343. The lowest BCUT2D eigenvalue weighted by Crippen LogP contribution is -2.13. The third-order valence-electron chi connectivity index (χ3n) is 2.29. The number of halogens is 1. The van der Waals surface area contributed by atoms with E-state index in [-0.39, 0.29) is 17.5 Å². The highest BCUT2D eigenvalue weighted by molar-refractivity contribution is 9.10. The number of hydrogen-bond acceptors (Lipinski definition) is 4. The highest BCUT2D eigenvalue weighted by Gasteiger charge is 2.13. The van der Waals surface area contributed by atoms with Crippen LogP contribution in [0.25, 0.3) is 11.1 Å². The van der Waals surface area contributed by atoms with Crippen molar-refractivity contribution in [3.8, 4) is 23.0 Å². The number of ether oxygens (including phenoxy) is 1. The van der Waals surface area contributed by atoms with Gasteiger partial charge < -0.3 is 9.84 Å². The molecule has 1 heterocycles. The van der Waals surface area contributed by atoms with Gasteiger partial charge in [0, 0.05) is 4.47 Å². The van der Waals surface area contributed by atoms with Crippen LogP contribution in [0.1, 0.15) is 6.92 Å². The van der Waals surface area contributed by atoms with Gasteiger partial charge >= 0.3 is 0 Å². The minimum absolute atomic E-state index is 0.0147. The fourth-order valence-electron chi connectivity index (χ4n) is 1.52. The molecule has 18 heavy (non-hydrogen) atoms. The van der Waals surface area contributed by atoms with E-state index in [1.165, 1.54) is 0 Å². The molecule has 0 atom stereocenters. The standard InChI is InChI=1S/C12H11BrN2O3/c1-2-18-12-14-10(16)9(11(17)15-12)7-3-5-8(13)6-4-7/h3-6H,2H2,1H3,(H2,14,15,16,17). The summed E-state index contributed by atoms with van der Waals surface area (Å²) >= 11 is 3.30. The van der Waals surface area contributed by atoms with Gasteiger partial charge in [0.2, 0.25) is 5.88 Å². The number of nitrogens with zero attached hydrogens (tertiary/aromatic N) is 1. The van der Waals surface area contributed by atoms with Gasteiger partial charge in [0.15, 0.2) is 0 Å². The molecule has 94 valence electrons. The summed E-state index contributed by atoms with van der Waals surface area (Å²) in [7, 11) is 0. The van der Waals surface area contributed by atoms with Crippen LogP contribution < -0.4 is 10.3 Å². The third kappa shape index (κ3) is 2.53. The Morgan fingerprint density at radius 2 is 2.06 bits per heavy atom. The highest BCUT2D eigenvalue weighted by Crippen LogP contribution is 2.25. The Morgan fingerprint density at radius 1 is 1.39 bits per heavy atom. The Kier molecular flexibility index (Phi) is 3.66. The Hall–Kier alpha value is -1.82. The zero-order chi connectivity index (χ0) is 13.1. The minimum Gasteiger partial charge on any atom is -0.493 e. The molecular weight excluding hydrogens is 300 g/mol. The fourth-order valence-corrected chi connectivity index (χ4v) is 1.79. The summed E-state index contributed by atoms with van der Waals surface area (Å²) in [5.41, 5.74) is 0.284. The van der Waals surface area contributed by atoms with Gasteiger partial charge in [-0.15, -0.1) is 0 Å². The SMILES string of the molecule is CCOc1nc(O)c(-c2ccc(Br)cc2)c(=O)[nH]1. The molecule has 0 fully saturated rings. The maximum Gasteiger partial charge on any atom is 0.299 e. The second-order valence-electron chi connectivity index (χ2n) is 3.51. The van der Waals surface area contributed by atoms with Gasteiger partial charge in [-0.2, -0.15) is 4.98 Å². The van der Waals surface area contributed by atoms with E-state index in [1.54, 1.807) is 31.2 Å². The predicted octanol–water partition coefficient (Wildman–Crippen LogP) is 2.30. The first-order chi connectivity index (χ1) is 8.61. The van der Waals surface area contributed by atoms with Gasteiger partial charge in [-0.3, -0.25) is 9.78 Å². The van der Waals surface area contributed by atoms with E-state index in [0.717, 1.165) is 4.47 Å². The van der Waals surface area contributed by atoms with Crippen LogP contribution in [0.3, 0.4) is 0 Å². The van der Waals surface area contributed by atoms with Crippen molar-refractivity contribution in [1.82, 2.24) is 9.97 Å². The minimum atomic E-state index is -0.437. The molecule has 1 aromatic carbocycles. The van der Waals surface area contributed by atoms with Crippen LogP contribution in [0.15, 0.2) is 33.5 Å². The monoisotopic (exact) mass is 310 g/mol. The Balaban J connectivity index is 2.52. The van der Waals surface area contributed by atoms with Crippen molar-refractivity contribution < 1.29 is 9.84 Å². The summed E-state index contributed by atoms with van der Waals surface area (Å²) in [6.45, 7) is 2.12. The number of aromatic amines is 1. The quantitative estimate of drug-likeness (QED) is 0.912. The van der Waals surface area contributed by atoms with E-state index < -0.39 is 5.56 Å². The first-order valence-corrected chi connectivity index (χ1v) is 6.13. The molecule has 2 N–H and O–H groups in total.